The zero-order chi connectivity index (χ0) is 13.9. The zero-order valence-electron chi connectivity index (χ0n) is 12.7. The van der Waals surface area contributed by atoms with Gasteiger partial charge >= 0.3 is 0 Å². The van der Waals surface area contributed by atoms with Gasteiger partial charge in [0.05, 0.1) is 6.10 Å². The molecule has 1 heterocycles. The first-order valence-electron chi connectivity index (χ1n) is 7.46. The molecule has 1 rings (SSSR count). The van der Waals surface area contributed by atoms with Crippen molar-refractivity contribution in [3.05, 3.63) is 0 Å². The molecule has 0 bridgehead atoms. The number of hydrogen-bond donors (Lipinski definition) is 1. The Bertz CT molecular complexity index is 251. The molecular weight excluding hydrogens is 242 g/mol. The highest BCUT2D eigenvalue weighted by Gasteiger charge is 2.21. The first kappa shape index (κ1) is 16.2. The average Bonchev–Trinajstić information content (AvgIpc) is 2.44. The largest absolute Gasteiger partial charge is 0.382 e. The number of likely N-dealkylation sites (tertiary alicyclic amines) is 1. The van der Waals surface area contributed by atoms with Crippen LogP contribution in [0.15, 0.2) is 4.99 Å². The van der Waals surface area contributed by atoms with Crippen molar-refractivity contribution in [2.45, 2.75) is 39.2 Å². The summed E-state index contributed by atoms with van der Waals surface area (Å²) in [7, 11) is 1.85. The predicted octanol–water partition coefficient (Wildman–Crippen LogP) is 1.49. The molecule has 5 nitrogen and oxygen atoms in total. The smallest absolute Gasteiger partial charge is 0.193 e. The predicted molar refractivity (Wildman–Crippen MR) is 78.7 cm³/mol. The first-order valence-corrected chi connectivity index (χ1v) is 7.46. The highest BCUT2D eigenvalue weighted by Crippen LogP contribution is 2.13. The third-order valence-corrected chi connectivity index (χ3v) is 3.31. The summed E-state index contributed by atoms with van der Waals surface area (Å²) in [5.41, 5.74) is 0. The minimum Gasteiger partial charge on any atom is -0.382 e. The minimum atomic E-state index is 0.428. The summed E-state index contributed by atoms with van der Waals surface area (Å²) in [5.74, 6) is 1.01. The molecule has 0 aromatic carbocycles. The summed E-state index contributed by atoms with van der Waals surface area (Å²) in [4.78, 5) is 6.67. The van der Waals surface area contributed by atoms with Gasteiger partial charge in [-0.25, -0.2) is 0 Å². The van der Waals surface area contributed by atoms with Gasteiger partial charge in [-0.1, -0.05) is 0 Å². The zero-order valence-corrected chi connectivity index (χ0v) is 12.7. The van der Waals surface area contributed by atoms with Crippen LogP contribution in [-0.2, 0) is 9.47 Å². The molecule has 0 aromatic rings. The Labute approximate surface area is 117 Å². The Morgan fingerprint density at radius 1 is 1.26 bits per heavy atom. The van der Waals surface area contributed by atoms with Crippen LogP contribution in [0.25, 0.3) is 0 Å². The second-order valence-electron chi connectivity index (χ2n) is 4.67. The van der Waals surface area contributed by atoms with Crippen LogP contribution < -0.4 is 5.32 Å². The van der Waals surface area contributed by atoms with E-state index in [0.29, 0.717) is 6.10 Å². The van der Waals surface area contributed by atoms with Gasteiger partial charge < -0.3 is 19.7 Å². The molecule has 1 fully saturated rings. The second kappa shape index (κ2) is 10.0. The molecule has 0 atom stereocenters. The van der Waals surface area contributed by atoms with Crippen molar-refractivity contribution in [2.75, 3.05) is 46.5 Å². The van der Waals surface area contributed by atoms with E-state index in [2.05, 4.69) is 22.1 Å². The Morgan fingerprint density at radius 2 is 2.00 bits per heavy atom. The van der Waals surface area contributed by atoms with E-state index >= 15 is 0 Å². The number of piperidine rings is 1. The molecule has 0 unspecified atom stereocenters. The van der Waals surface area contributed by atoms with Gasteiger partial charge in [0.15, 0.2) is 5.96 Å². The van der Waals surface area contributed by atoms with Crippen LogP contribution >= 0.6 is 0 Å². The Hall–Kier alpha value is -0.810. The molecule has 1 aliphatic heterocycles. The number of nitrogens with one attached hydrogen (secondary N) is 1. The number of guanidine groups is 1. The van der Waals surface area contributed by atoms with Gasteiger partial charge in [0.1, 0.15) is 0 Å². The van der Waals surface area contributed by atoms with E-state index in [1.165, 1.54) is 0 Å². The van der Waals surface area contributed by atoms with Crippen molar-refractivity contribution < 1.29 is 9.47 Å². The Kier molecular flexibility index (Phi) is 8.58. The van der Waals surface area contributed by atoms with Gasteiger partial charge in [0.2, 0.25) is 0 Å². The van der Waals surface area contributed by atoms with Crippen molar-refractivity contribution in [3.8, 4) is 0 Å². The quantitative estimate of drug-likeness (QED) is 0.433. The van der Waals surface area contributed by atoms with Crippen LogP contribution in [0.5, 0.6) is 0 Å². The maximum Gasteiger partial charge on any atom is 0.193 e. The summed E-state index contributed by atoms with van der Waals surface area (Å²) in [6.45, 7) is 9.46. The minimum absolute atomic E-state index is 0.428. The number of rotatable bonds is 7. The molecule has 1 N–H and O–H groups in total. The number of aliphatic imine (C=N–C) groups is 1. The molecule has 0 amide bonds. The fraction of sp³-hybridized carbons (Fsp3) is 0.929. The molecule has 5 heteroatoms. The van der Waals surface area contributed by atoms with E-state index < -0.39 is 0 Å². The first-order chi connectivity index (χ1) is 9.31. The highest BCUT2D eigenvalue weighted by molar-refractivity contribution is 5.79. The van der Waals surface area contributed by atoms with Crippen LogP contribution in [0.1, 0.15) is 33.1 Å². The van der Waals surface area contributed by atoms with Crippen molar-refractivity contribution in [1.29, 1.82) is 0 Å². The van der Waals surface area contributed by atoms with Crippen LogP contribution in [0.3, 0.4) is 0 Å². The third kappa shape index (κ3) is 6.25. The van der Waals surface area contributed by atoms with Gasteiger partial charge in [0, 0.05) is 46.5 Å². The lowest BCUT2D eigenvalue weighted by atomic mass is 10.1. The van der Waals surface area contributed by atoms with Gasteiger partial charge in [-0.3, -0.25) is 4.99 Å². The van der Waals surface area contributed by atoms with Crippen molar-refractivity contribution in [2.24, 2.45) is 4.99 Å². The van der Waals surface area contributed by atoms with Crippen LogP contribution in [0.4, 0.5) is 0 Å². The molecule has 0 radical (unpaired) electrons. The molecule has 0 aromatic heterocycles. The number of ether oxygens (including phenoxy) is 2. The summed E-state index contributed by atoms with van der Waals surface area (Å²) >= 11 is 0. The number of nitrogens with zero attached hydrogens (tertiary/aromatic N) is 2. The maximum absolute atomic E-state index is 5.67. The lowest BCUT2D eigenvalue weighted by molar-refractivity contribution is 0.0263. The molecular formula is C14H29N3O2. The summed E-state index contributed by atoms with van der Waals surface area (Å²) in [5, 5.41) is 3.40. The average molecular weight is 271 g/mol. The molecule has 0 aliphatic carbocycles. The molecule has 112 valence electrons. The van der Waals surface area contributed by atoms with Crippen molar-refractivity contribution >= 4 is 5.96 Å². The fourth-order valence-electron chi connectivity index (χ4n) is 2.32. The van der Waals surface area contributed by atoms with E-state index in [-0.39, 0.29) is 0 Å². The summed E-state index contributed by atoms with van der Waals surface area (Å²) in [6.07, 6.45) is 3.63. The van der Waals surface area contributed by atoms with Crippen LogP contribution in [-0.4, -0.2) is 63.5 Å². The summed E-state index contributed by atoms with van der Waals surface area (Å²) < 4.78 is 11.0. The topological polar surface area (TPSA) is 46.1 Å². The standard InChI is InChI=1S/C14H29N3O2/c1-4-18-12-6-9-16-14(15-3)17-10-7-13(8-11-17)19-5-2/h13H,4-12H2,1-3H3,(H,15,16). The van der Waals surface area contributed by atoms with E-state index in [0.717, 1.165) is 64.7 Å². The van der Waals surface area contributed by atoms with E-state index in [1.54, 1.807) is 0 Å². The normalized spacial score (nSPS) is 17.8. The van der Waals surface area contributed by atoms with E-state index in [1.807, 2.05) is 14.0 Å². The highest BCUT2D eigenvalue weighted by atomic mass is 16.5. The lowest BCUT2D eigenvalue weighted by Crippen LogP contribution is -2.47. The van der Waals surface area contributed by atoms with Gasteiger partial charge in [-0.15, -0.1) is 0 Å². The van der Waals surface area contributed by atoms with Crippen molar-refractivity contribution in [3.63, 3.8) is 0 Å². The van der Waals surface area contributed by atoms with E-state index in [4.69, 9.17) is 9.47 Å². The Morgan fingerprint density at radius 3 is 2.58 bits per heavy atom. The maximum atomic E-state index is 5.67. The van der Waals surface area contributed by atoms with Gasteiger partial charge in [-0.05, 0) is 33.1 Å². The van der Waals surface area contributed by atoms with E-state index in [9.17, 15) is 0 Å². The third-order valence-electron chi connectivity index (χ3n) is 3.31. The molecule has 19 heavy (non-hydrogen) atoms. The van der Waals surface area contributed by atoms with Crippen LogP contribution in [0, 0.1) is 0 Å². The molecule has 0 saturated carbocycles. The lowest BCUT2D eigenvalue weighted by Gasteiger charge is -2.34. The second-order valence-corrected chi connectivity index (χ2v) is 4.67. The Balaban J connectivity index is 2.21. The SMILES string of the molecule is CCOCCCNC(=NC)N1CCC(OCC)CC1. The van der Waals surface area contributed by atoms with Crippen LogP contribution in [0.2, 0.25) is 0 Å². The molecule has 1 saturated heterocycles. The van der Waals surface area contributed by atoms with Gasteiger partial charge in [-0.2, -0.15) is 0 Å². The molecule has 1 aliphatic rings. The number of hydrogen-bond acceptors (Lipinski definition) is 3. The monoisotopic (exact) mass is 271 g/mol. The summed E-state index contributed by atoms with van der Waals surface area (Å²) in [6, 6.07) is 0. The fourth-order valence-corrected chi connectivity index (χ4v) is 2.32. The van der Waals surface area contributed by atoms with Gasteiger partial charge in [0.25, 0.3) is 0 Å². The molecule has 0 spiro atoms. The van der Waals surface area contributed by atoms with Crippen molar-refractivity contribution in [1.82, 2.24) is 10.2 Å².